The van der Waals surface area contributed by atoms with E-state index in [1.54, 1.807) is 16.7 Å². The van der Waals surface area contributed by atoms with Gasteiger partial charge in [-0.1, -0.05) is 0 Å². The van der Waals surface area contributed by atoms with Gasteiger partial charge in [0, 0.05) is 24.4 Å². The zero-order valence-electron chi connectivity index (χ0n) is 12.7. The molecule has 0 bridgehead atoms. The highest BCUT2D eigenvalue weighted by atomic mass is 32.2. The third-order valence-corrected chi connectivity index (χ3v) is 4.41. The van der Waals surface area contributed by atoms with Crippen LogP contribution in [0.15, 0.2) is 24.3 Å². The maximum atomic E-state index is 12.9. The average Bonchev–Trinajstić information content (AvgIpc) is 2.96. The molecule has 1 fully saturated rings. The molecule has 0 radical (unpaired) electrons. The molecule has 1 aliphatic rings. The van der Waals surface area contributed by atoms with Crippen molar-refractivity contribution in [2.45, 2.75) is 6.04 Å². The highest BCUT2D eigenvalue weighted by Crippen LogP contribution is 2.23. The van der Waals surface area contributed by atoms with E-state index in [0.717, 1.165) is 6.54 Å². The summed E-state index contributed by atoms with van der Waals surface area (Å²) in [6.45, 7) is 1.29. The van der Waals surface area contributed by atoms with Crippen molar-refractivity contribution in [2.24, 2.45) is 0 Å². The van der Waals surface area contributed by atoms with Crippen LogP contribution in [-0.2, 0) is 4.79 Å². The normalized spacial score (nSPS) is 17.8. The van der Waals surface area contributed by atoms with Gasteiger partial charge in [-0.25, -0.2) is 4.39 Å². The Morgan fingerprint density at radius 1 is 1.36 bits per heavy atom. The SMILES string of the molecule is CN(C)CCNC(=O)C1CSCN1C(=O)c1ccc(F)cc1. The summed E-state index contributed by atoms with van der Waals surface area (Å²) >= 11 is 1.54. The van der Waals surface area contributed by atoms with E-state index < -0.39 is 6.04 Å². The quantitative estimate of drug-likeness (QED) is 0.878. The minimum absolute atomic E-state index is 0.137. The highest BCUT2D eigenvalue weighted by Gasteiger charge is 2.34. The Balaban J connectivity index is 1.99. The van der Waals surface area contributed by atoms with Gasteiger partial charge in [-0.3, -0.25) is 9.59 Å². The van der Waals surface area contributed by atoms with E-state index in [1.807, 2.05) is 19.0 Å². The monoisotopic (exact) mass is 325 g/mol. The summed E-state index contributed by atoms with van der Waals surface area (Å²) in [5, 5.41) is 2.85. The summed E-state index contributed by atoms with van der Waals surface area (Å²) < 4.78 is 12.9. The smallest absolute Gasteiger partial charge is 0.255 e. The lowest BCUT2D eigenvalue weighted by Gasteiger charge is -2.23. The van der Waals surface area contributed by atoms with Crippen LogP contribution in [0.4, 0.5) is 4.39 Å². The first-order valence-corrected chi connectivity index (χ1v) is 8.21. The first-order valence-electron chi connectivity index (χ1n) is 7.06. The first-order chi connectivity index (χ1) is 10.5. The van der Waals surface area contributed by atoms with Crippen molar-refractivity contribution < 1.29 is 14.0 Å². The summed E-state index contributed by atoms with van der Waals surface area (Å²) in [5.41, 5.74) is 0.398. The molecule has 0 aromatic heterocycles. The molecule has 1 unspecified atom stereocenters. The molecule has 1 heterocycles. The fraction of sp³-hybridized carbons (Fsp3) is 0.467. The van der Waals surface area contributed by atoms with Crippen molar-refractivity contribution in [3.63, 3.8) is 0 Å². The maximum Gasteiger partial charge on any atom is 0.255 e. The van der Waals surface area contributed by atoms with Gasteiger partial charge in [0.25, 0.3) is 5.91 Å². The summed E-state index contributed by atoms with van der Waals surface area (Å²) in [6.07, 6.45) is 0. The molecule has 2 amide bonds. The van der Waals surface area contributed by atoms with E-state index in [-0.39, 0.29) is 17.6 Å². The zero-order valence-corrected chi connectivity index (χ0v) is 13.5. The van der Waals surface area contributed by atoms with Crippen molar-refractivity contribution >= 4 is 23.6 Å². The fourth-order valence-electron chi connectivity index (χ4n) is 2.14. The van der Waals surface area contributed by atoms with E-state index in [2.05, 4.69) is 5.32 Å². The molecule has 1 aliphatic heterocycles. The molecule has 120 valence electrons. The second kappa shape index (κ2) is 7.60. The molecular formula is C15H20FN3O2S. The van der Waals surface area contributed by atoms with Gasteiger partial charge in [0.2, 0.25) is 5.91 Å². The number of amides is 2. The van der Waals surface area contributed by atoms with Crippen molar-refractivity contribution in [1.82, 2.24) is 15.1 Å². The number of rotatable bonds is 5. The van der Waals surface area contributed by atoms with Crippen LogP contribution < -0.4 is 5.32 Å². The Morgan fingerprint density at radius 3 is 2.68 bits per heavy atom. The van der Waals surface area contributed by atoms with Crippen LogP contribution in [0.25, 0.3) is 0 Å². The second-order valence-electron chi connectivity index (χ2n) is 5.39. The number of carbonyl (C=O) groups is 2. The lowest BCUT2D eigenvalue weighted by Crippen LogP contribution is -2.48. The van der Waals surface area contributed by atoms with Gasteiger partial charge in [-0.15, -0.1) is 11.8 Å². The Morgan fingerprint density at radius 2 is 2.05 bits per heavy atom. The average molecular weight is 325 g/mol. The lowest BCUT2D eigenvalue weighted by molar-refractivity contribution is -0.124. The van der Waals surface area contributed by atoms with Crippen LogP contribution in [-0.4, -0.2) is 66.5 Å². The molecule has 1 saturated heterocycles. The molecular weight excluding hydrogens is 305 g/mol. The van der Waals surface area contributed by atoms with Crippen LogP contribution in [0, 0.1) is 5.82 Å². The maximum absolute atomic E-state index is 12.9. The summed E-state index contributed by atoms with van der Waals surface area (Å²) in [4.78, 5) is 28.2. The van der Waals surface area contributed by atoms with Crippen LogP contribution in [0.2, 0.25) is 0 Å². The Kier molecular flexibility index (Phi) is 5.79. The molecule has 1 aromatic rings. The number of halogens is 1. The summed E-state index contributed by atoms with van der Waals surface area (Å²) in [6, 6.07) is 4.93. The molecule has 0 aliphatic carbocycles. The van der Waals surface area contributed by atoms with E-state index in [9.17, 15) is 14.0 Å². The number of likely N-dealkylation sites (N-methyl/N-ethyl adjacent to an activating group) is 1. The third kappa shape index (κ3) is 4.20. The number of nitrogens with one attached hydrogen (secondary N) is 1. The van der Waals surface area contributed by atoms with Gasteiger partial charge in [0.1, 0.15) is 11.9 Å². The molecule has 0 saturated carbocycles. The van der Waals surface area contributed by atoms with Crippen molar-refractivity contribution in [3.05, 3.63) is 35.6 Å². The second-order valence-corrected chi connectivity index (χ2v) is 6.39. The van der Waals surface area contributed by atoms with Gasteiger partial charge in [-0.05, 0) is 38.4 Å². The van der Waals surface area contributed by atoms with E-state index in [4.69, 9.17) is 0 Å². The van der Waals surface area contributed by atoms with E-state index in [1.165, 1.54) is 24.3 Å². The number of hydrogen-bond acceptors (Lipinski definition) is 4. The van der Waals surface area contributed by atoms with Crippen molar-refractivity contribution in [2.75, 3.05) is 38.8 Å². The minimum Gasteiger partial charge on any atom is -0.353 e. The minimum atomic E-state index is -0.468. The van der Waals surface area contributed by atoms with Gasteiger partial charge in [0.15, 0.2) is 0 Å². The molecule has 1 N–H and O–H groups in total. The number of hydrogen-bond donors (Lipinski definition) is 1. The van der Waals surface area contributed by atoms with Gasteiger partial charge >= 0.3 is 0 Å². The number of nitrogens with zero attached hydrogens (tertiary/aromatic N) is 2. The van der Waals surface area contributed by atoms with Gasteiger partial charge < -0.3 is 15.1 Å². The third-order valence-electron chi connectivity index (χ3n) is 3.40. The molecule has 1 atom stereocenters. The number of carbonyl (C=O) groups excluding carboxylic acids is 2. The Hall–Kier alpha value is -1.60. The van der Waals surface area contributed by atoms with Crippen molar-refractivity contribution in [3.8, 4) is 0 Å². The number of thioether (sulfide) groups is 1. The van der Waals surface area contributed by atoms with Crippen LogP contribution in [0.1, 0.15) is 10.4 Å². The fourth-order valence-corrected chi connectivity index (χ4v) is 3.29. The van der Waals surface area contributed by atoms with E-state index in [0.29, 0.717) is 23.7 Å². The molecule has 5 nitrogen and oxygen atoms in total. The molecule has 1 aromatic carbocycles. The first kappa shape index (κ1) is 16.8. The standard InChI is InChI=1S/C15H20FN3O2S/c1-18(2)8-7-17-14(20)13-9-22-10-19(13)15(21)11-3-5-12(16)6-4-11/h3-6,13H,7-10H2,1-2H3,(H,17,20). The largest absolute Gasteiger partial charge is 0.353 e. The van der Waals surface area contributed by atoms with Crippen LogP contribution in [0.3, 0.4) is 0 Å². The predicted molar refractivity (Wildman–Crippen MR) is 85.2 cm³/mol. The zero-order chi connectivity index (χ0) is 16.1. The van der Waals surface area contributed by atoms with Gasteiger partial charge in [-0.2, -0.15) is 0 Å². The number of benzene rings is 1. The highest BCUT2D eigenvalue weighted by molar-refractivity contribution is 7.99. The topological polar surface area (TPSA) is 52.7 Å². The van der Waals surface area contributed by atoms with Crippen LogP contribution >= 0.6 is 11.8 Å². The summed E-state index contributed by atoms with van der Waals surface area (Å²) in [5.74, 6) is 0.299. The Bertz CT molecular complexity index is 536. The molecule has 2 rings (SSSR count). The molecule has 22 heavy (non-hydrogen) atoms. The molecule has 0 spiro atoms. The van der Waals surface area contributed by atoms with Crippen LogP contribution in [0.5, 0.6) is 0 Å². The van der Waals surface area contributed by atoms with Gasteiger partial charge in [0.05, 0.1) is 5.88 Å². The summed E-state index contributed by atoms with van der Waals surface area (Å²) in [7, 11) is 3.86. The van der Waals surface area contributed by atoms with Crippen molar-refractivity contribution in [1.29, 1.82) is 0 Å². The predicted octanol–water partition coefficient (Wildman–Crippen LogP) is 1.02. The molecule has 7 heteroatoms. The van der Waals surface area contributed by atoms with E-state index >= 15 is 0 Å². The lowest BCUT2D eigenvalue weighted by atomic mass is 10.1. The Labute approximate surface area is 133 Å².